The first-order valence-corrected chi connectivity index (χ1v) is 10.6. The second-order valence-electron chi connectivity index (χ2n) is 6.99. The Kier molecular flexibility index (Phi) is 6.64. The van der Waals surface area contributed by atoms with Crippen LogP contribution in [0.2, 0.25) is 10.0 Å². The van der Waals surface area contributed by atoms with Crippen LogP contribution in [0.1, 0.15) is 5.56 Å². The van der Waals surface area contributed by atoms with Crippen LogP contribution in [0.5, 0.6) is 5.75 Å². The number of hydrogen-bond donors (Lipinski definition) is 2. The molecule has 7 nitrogen and oxygen atoms in total. The van der Waals surface area contributed by atoms with E-state index in [4.69, 9.17) is 55.4 Å². The summed E-state index contributed by atoms with van der Waals surface area (Å²) in [5.74, 6) is -0.394. The molecule has 0 aliphatic carbocycles. The maximum atomic E-state index is 6.49. The number of aromatic nitrogens is 2. The van der Waals surface area contributed by atoms with Gasteiger partial charge in [0, 0.05) is 28.7 Å². The Morgan fingerprint density at radius 1 is 1.29 bits per heavy atom. The van der Waals surface area contributed by atoms with Crippen LogP contribution in [-0.4, -0.2) is 34.0 Å². The standard InChI is InChI=1S/C21H20Cl2N4O3S/c22-14-1-6-18(19(23)9-14)21(12-27-8-7-25-13-27)29-11-17(30-21)10-28-16-4-2-15(3-5-16)26-20(24)31/h1-9,13,17H,10-12H2,(H3,24,26,31)/t17-,21-/m1/s1. The maximum Gasteiger partial charge on any atom is 0.215 e. The zero-order valence-electron chi connectivity index (χ0n) is 16.3. The van der Waals surface area contributed by atoms with E-state index in [0.29, 0.717) is 41.1 Å². The van der Waals surface area contributed by atoms with Gasteiger partial charge in [-0.1, -0.05) is 29.3 Å². The first-order chi connectivity index (χ1) is 14.9. The molecule has 2 aromatic carbocycles. The highest BCUT2D eigenvalue weighted by molar-refractivity contribution is 7.80. The fraction of sp³-hybridized carbons (Fsp3) is 0.238. The molecule has 10 heteroatoms. The van der Waals surface area contributed by atoms with Gasteiger partial charge in [-0.2, -0.15) is 0 Å². The number of ether oxygens (including phenoxy) is 3. The number of nitrogens with one attached hydrogen (secondary N) is 1. The normalized spacial score (nSPS) is 20.5. The predicted molar refractivity (Wildman–Crippen MR) is 124 cm³/mol. The number of anilines is 1. The monoisotopic (exact) mass is 478 g/mol. The van der Waals surface area contributed by atoms with Gasteiger partial charge in [-0.25, -0.2) is 4.98 Å². The van der Waals surface area contributed by atoms with Crippen molar-refractivity contribution in [3.63, 3.8) is 0 Å². The molecule has 2 heterocycles. The van der Waals surface area contributed by atoms with E-state index < -0.39 is 5.79 Å². The summed E-state index contributed by atoms with van der Waals surface area (Å²) in [6.45, 7) is 1.03. The minimum atomic E-state index is -1.08. The molecule has 0 radical (unpaired) electrons. The first-order valence-electron chi connectivity index (χ1n) is 9.46. The summed E-state index contributed by atoms with van der Waals surface area (Å²) >= 11 is 17.4. The molecule has 0 bridgehead atoms. The summed E-state index contributed by atoms with van der Waals surface area (Å²) in [6, 6.07) is 12.6. The van der Waals surface area contributed by atoms with Crippen LogP contribution in [0, 0.1) is 0 Å². The molecule has 0 spiro atoms. The fourth-order valence-corrected chi connectivity index (χ4v) is 4.01. The summed E-state index contributed by atoms with van der Waals surface area (Å²) in [6.07, 6.45) is 4.93. The van der Waals surface area contributed by atoms with Gasteiger partial charge in [-0.15, -0.1) is 0 Å². The molecule has 0 unspecified atom stereocenters. The molecule has 1 aromatic heterocycles. The Balaban J connectivity index is 1.47. The number of imidazole rings is 1. The van der Waals surface area contributed by atoms with E-state index in [1.807, 2.05) is 41.1 Å². The molecule has 1 fully saturated rings. The van der Waals surface area contributed by atoms with Gasteiger partial charge in [-0.05, 0) is 48.6 Å². The van der Waals surface area contributed by atoms with Gasteiger partial charge in [0.25, 0.3) is 0 Å². The highest BCUT2D eigenvalue weighted by Crippen LogP contribution is 2.40. The largest absolute Gasteiger partial charge is 0.491 e. The van der Waals surface area contributed by atoms with Crippen LogP contribution < -0.4 is 15.8 Å². The smallest absolute Gasteiger partial charge is 0.215 e. The highest BCUT2D eigenvalue weighted by Gasteiger charge is 2.45. The van der Waals surface area contributed by atoms with Gasteiger partial charge >= 0.3 is 0 Å². The molecule has 1 saturated heterocycles. The van der Waals surface area contributed by atoms with Gasteiger partial charge in [0.1, 0.15) is 18.5 Å². The van der Waals surface area contributed by atoms with Crippen molar-refractivity contribution in [1.29, 1.82) is 0 Å². The minimum Gasteiger partial charge on any atom is -0.491 e. The van der Waals surface area contributed by atoms with Crippen molar-refractivity contribution in [3.8, 4) is 5.75 Å². The Morgan fingerprint density at radius 2 is 2.10 bits per heavy atom. The van der Waals surface area contributed by atoms with E-state index in [1.165, 1.54) is 0 Å². The number of benzene rings is 2. The van der Waals surface area contributed by atoms with Crippen molar-refractivity contribution in [2.24, 2.45) is 5.73 Å². The molecule has 0 saturated carbocycles. The van der Waals surface area contributed by atoms with E-state index in [9.17, 15) is 0 Å². The number of thiocarbonyl (C=S) groups is 1. The van der Waals surface area contributed by atoms with Crippen molar-refractivity contribution in [2.45, 2.75) is 18.4 Å². The lowest BCUT2D eigenvalue weighted by molar-refractivity contribution is -0.189. The van der Waals surface area contributed by atoms with Gasteiger partial charge in [0.15, 0.2) is 5.11 Å². The van der Waals surface area contributed by atoms with Gasteiger partial charge < -0.3 is 29.8 Å². The minimum absolute atomic E-state index is 0.209. The van der Waals surface area contributed by atoms with E-state index in [2.05, 4.69) is 10.3 Å². The Hall–Kier alpha value is -2.36. The van der Waals surface area contributed by atoms with Crippen molar-refractivity contribution in [3.05, 3.63) is 76.8 Å². The molecule has 0 amide bonds. The van der Waals surface area contributed by atoms with Crippen LogP contribution in [0.25, 0.3) is 0 Å². The zero-order valence-corrected chi connectivity index (χ0v) is 18.7. The number of hydrogen-bond acceptors (Lipinski definition) is 5. The summed E-state index contributed by atoms with van der Waals surface area (Å²) in [7, 11) is 0. The summed E-state index contributed by atoms with van der Waals surface area (Å²) in [5, 5.41) is 4.08. The SMILES string of the molecule is NC(=S)Nc1ccc(OC[C@@H]2CO[C@@](Cn3ccnc3)(c3ccc(Cl)cc3Cl)O2)cc1. The summed E-state index contributed by atoms with van der Waals surface area (Å²) < 4.78 is 20.3. The van der Waals surface area contributed by atoms with Gasteiger partial charge in [-0.3, -0.25) is 0 Å². The molecule has 1 aliphatic rings. The Labute approximate surface area is 195 Å². The molecular formula is C21H20Cl2N4O3S. The Bertz CT molecular complexity index is 1050. The average Bonchev–Trinajstić information content (AvgIpc) is 3.38. The predicted octanol–water partition coefficient (Wildman–Crippen LogP) is 4.19. The second kappa shape index (κ2) is 9.42. The number of rotatable bonds is 7. The fourth-order valence-electron chi connectivity index (χ4n) is 3.34. The van der Waals surface area contributed by atoms with Crippen LogP contribution >= 0.6 is 35.4 Å². The van der Waals surface area contributed by atoms with Crippen LogP contribution in [0.4, 0.5) is 5.69 Å². The van der Waals surface area contributed by atoms with Gasteiger partial charge in [0.05, 0.1) is 24.5 Å². The third kappa shape index (κ3) is 5.28. The topological polar surface area (TPSA) is 83.6 Å². The molecule has 162 valence electrons. The molecular weight excluding hydrogens is 459 g/mol. The number of nitrogens with two attached hydrogens (primary N) is 1. The lowest BCUT2D eigenvalue weighted by atomic mass is 10.1. The average molecular weight is 479 g/mol. The molecule has 4 rings (SSSR count). The Morgan fingerprint density at radius 3 is 2.77 bits per heavy atom. The van der Waals surface area contributed by atoms with E-state index in [-0.39, 0.29) is 11.2 Å². The second-order valence-corrected chi connectivity index (χ2v) is 8.27. The molecule has 3 N–H and O–H groups in total. The third-order valence-electron chi connectivity index (χ3n) is 4.71. The molecule has 3 aromatic rings. The summed E-state index contributed by atoms with van der Waals surface area (Å²) in [4.78, 5) is 4.10. The van der Waals surface area contributed by atoms with Crippen molar-refractivity contribution >= 4 is 46.2 Å². The lowest BCUT2D eigenvalue weighted by Gasteiger charge is -2.30. The van der Waals surface area contributed by atoms with Crippen LogP contribution in [0.3, 0.4) is 0 Å². The molecule has 1 aliphatic heterocycles. The van der Waals surface area contributed by atoms with Crippen molar-refractivity contribution in [2.75, 3.05) is 18.5 Å². The van der Waals surface area contributed by atoms with E-state index in [1.54, 1.807) is 24.7 Å². The van der Waals surface area contributed by atoms with E-state index in [0.717, 1.165) is 5.69 Å². The molecule has 2 atom stereocenters. The zero-order chi connectivity index (χ0) is 21.8. The maximum absolute atomic E-state index is 6.49. The van der Waals surface area contributed by atoms with Crippen LogP contribution in [-0.2, 0) is 21.8 Å². The molecule has 31 heavy (non-hydrogen) atoms. The lowest BCUT2D eigenvalue weighted by Crippen LogP contribution is -2.34. The van der Waals surface area contributed by atoms with E-state index >= 15 is 0 Å². The third-order valence-corrected chi connectivity index (χ3v) is 5.36. The first kappa shape index (κ1) is 21.9. The van der Waals surface area contributed by atoms with Crippen molar-refractivity contribution in [1.82, 2.24) is 9.55 Å². The van der Waals surface area contributed by atoms with Crippen LogP contribution in [0.15, 0.2) is 61.2 Å². The number of nitrogens with zero attached hydrogens (tertiary/aromatic N) is 2. The summed E-state index contributed by atoms with van der Waals surface area (Å²) in [5.41, 5.74) is 6.97. The van der Waals surface area contributed by atoms with Gasteiger partial charge in [0.2, 0.25) is 5.79 Å². The highest BCUT2D eigenvalue weighted by atomic mass is 35.5. The van der Waals surface area contributed by atoms with Crippen molar-refractivity contribution < 1.29 is 14.2 Å². The number of halogens is 2. The quantitative estimate of drug-likeness (QED) is 0.492.